The minimum absolute atomic E-state index is 0.0460. The van der Waals surface area contributed by atoms with Crippen LogP contribution in [-0.2, 0) is 22.7 Å². The zero-order valence-corrected chi connectivity index (χ0v) is 16.2. The second kappa shape index (κ2) is 7.90. The molecule has 1 atom stereocenters. The lowest BCUT2D eigenvalue weighted by Crippen LogP contribution is -2.49. The molecule has 0 radical (unpaired) electrons. The number of carbonyl (C=O) groups is 2. The monoisotopic (exact) mass is 396 g/mol. The molecule has 0 aliphatic carbocycles. The van der Waals surface area contributed by atoms with E-state index in [0.29, 0.717) is 30.3 Å². The molecule has 1 aromatic carbocycles. The van der Waals surface area contributed by atoms with E-state index in [2.05, 4.69) is 0 Å². The van der Waals surface area contributed by atoms with Gasteiger partial charge in [-0.2, -0.15) is 0 Å². The Morgan fingerprint density at radius 3 is 2.75 bits per heavy atom. The summed E-state index contributed by atoms with van der Waals surface area (Å²) in [5.41, 5.74) is 0.619. The minimum Gasteiger partial charge on any atom is -0.479 e. The first-order valence-corrected chi connectivity index (χ1v) is 9.89. The lowest BCUT2D eigenvalue weighted by Gasteiger charge is -2.33. The number of hydrogen-bond acceptors (Lipinski definition) is 5. The minimum atomic E-state index is -0.626. The Labute approximate surface area is 166 Å². The van der Waals surface area contributed by atoms with Crippen molar-refractivity contribution in [2.45, 2.75) is 26.1 Å². The number of ether oxygens (including phenoxy) is 1. The lowest BCUT2D eigenvalue weighted by atomic mass is 10.2. The van der Waals surface area contributed by atoms with Crippen molar-refractivity contribution in [3.63, 3.8) is 0 Å². The average Bonchev–Trinajstić information content (AvgIpc) is 3.39. The number of benzene rings is 1. The maximum absolute atomic E-state index is 13.2. The zero-order valence-electron chi connectivity index (χ0n) is 15.4. The summed E-state index contributed by atoms with van der Waals surface area (Å²) in [7, 11) is 0. The Morgan fingerprint density at radius 2 is 2.00 bits per heavy atom. The second-order valence-corrected chi connectivity index (χ2v) is 7.59. The molecule has 2 aromatic heterocycles. The summed E-state index contributed by atoms with van der Waals surface area (Å²) < 4.78 is 11.1. The molecule has 6 nitrogen and oxygen atoms in total. The molecule has 0 fully saturated rings. The van der Waals surface area contributed by atoms with Gasteiger partial charge < -0.3 is 14.1 Å². The number of nitrogens with zero attached hydrogens (tertiary/aromatic N) is 2. The van der Waals surface area contributed by atoms with Crippen LogP contribution in [0.1, 0.15) is 17.6 Å². The van der Waals surface area contributed by atoms with Crippen molar-refractivity contribution in [3.05, 3.63) is 70.8 Å². The van der Waals surface area contributed by atoms with Gasteiger partial charge in [0.05, 0.1) is 25.0 Å². The van der Waals surface area contributed by atoms with Gasteiger partial charge in [-0.1, -0.05) is 18.2 Å². The summed E-state index contributed by atoms with van der Waals surface area (Å²) in [5.74, 6) is 0.938. The van der Waals surface area contributed by atoms with Crippen LogP contribution in [0.2, 0.25) is 0 Å². The van der Waals surface area contributed by atoms with Crippen LogP contribution in [0.3, 0.4) is 0 Å². The van der Waals surface area contributed by atoms with Gasteiger partial charge in [-0.3, -0.25) is 14.5 Å². The predicted octanol–water partition coefficient (Wildman–Crippen LogP) is 3.68. The lowest BCUT2D eigenvalue weighted by molar-refractivity contribution is -0.134. The van der Waals surface area contributed by atoms with Crippen molar-refractivity contribution in [2.75, 3.05) is 11.4 Å². The van der Waals surface area contributed by atoms with Crippen LogP contribution in [0.15, 0.2) is 64.6 Å². The Hall–Kier alpha value is -3.06. The van der Waals surface area contributed by atoms with E-state index in [0.717, 1.165) is 4.88 Å². The van der Waals surface area contributed by atoms with Crippen LogP contribution in [0, 0.1) is 0 Å². The van der Waals surface area contributed by atoms with E-state index in [9.17, 15) is 9.59 Å². The highest BCUT2D eigenvalue weighted by molar-refractivity contribution is 7.09. The standard InChI is InChI=1S/C21H20N2O4S/c1-15-21(25)23(18-8-2-3-9-19(18)27-15)14-20(24)22(12-16-6-4-10-26-16)13-17-7-5-11-28-17/h2-11,15H,12-14H2,1H3. The summed E-state index contributed by atoms with van der Waals surface area (Å²) in [6.07, 6.45) is 0.963. The number of hydrogen-bond donors (Lipinski definition) is 0. The van der Waals surface area contributed by atoms with Crippen molar-refractivity contribution < 1.29 is 18.7 Å². The topological polar surface area (TPSA) is 63.0 Å². The Balaban J connectivity index is 1.57. The molecular weight excluding hydrogens is 376 g/mol. The van der Waals surface area contributed by atoms with Crippen LogP contribution < -0.4 is 9.64 Å². The Bertz CT molecular complexity index is 916. The largest absolute Gasteiger partial charge is 0.479 e. The average molecular weight is 396 g/mol. The van der Waals surface area contributed by atoms with Crippen LogP contribution in [0.4, 0.5) is 5.69 Å². The second-order valence-electron chi connectivity index (χ2n) is 6.56. The van der Waals surface area contributed by atoms with E-state index in [1.54, 1.807) is 41.6 Å². The van der Waals surface area contributed by atoms with Gasteiger partial charge in [0.1, 0.15) is 18.1 Å². The molecule has 1 aliphatic rings. The number of fused-ring (bicyclic) bond motifs is 1. The summed E-state index contributed by atoms with van der Waals surface area (Å²) in [4.78, 5) is 30.2. The third kappa shape index (κ3) is 3.80. The van der Waals surface area contributed by atoms with Gasteiger partial charge >= 0.3 is 0 Å². The summed E-state index contributed by atoms with van der Waals surface area (Å²) in [6, 6.07) is 14.9. The van der Waals surface area contributed by atoms with Crippen molar-refractivity contribution in [1.29, 1.82) is 0 Å². The fraction of sp³-hybridized carbons (Fsp3) is 0.238. The van der Waals surface area contributed by atoms with Gasteiger partial charge in [0.25, 0.3) is 5.91 Å². The molecule has 2 amide bonds. The van der Waals surface area contributed by atoms with Crippen molar-refractivity contribution >= 4 is 28.8 Å². The van der Waals surface area contributed by atoms with E-state index in [-0.39, 0.29) is 18.4 Å². The van der Waals surface area contributed by atoms with Gasteiger partial charge in [-0.05, 0) is 42.6 Å². The van der Waals surface area contributed by atoms with Crippen LogP contribution in [-0.4, -0.2) is 29.4 Å². The molecule has 3 aromatic rings. The number of para-hydroxylation sites is 2. The molecule has 4 rings (SSSR count). The van der Waals surface area contributed by atoms with E-state index >= 15 is 0 Å². The van der Waals surface area contributed by atoms with E-state index in [4.69, 9.17) is 9.15 Å². The summed E-state index contributed by atoms with van der Waals surface area (Å²) in [5, 5.41) is 1.98. The van der Waals surface area contributed by atoms with E-state index in [1.165, 1.54) is 4.90 Å². The highest BCUT2D eigenvalue weighted by Crippen LogP contribution is 2.33. The quantitative estimate of drug-likeness (QED) is 0.638. The predicted molar refractivity (Wildman–Crippen MR) is 106 cm³/mol. The molecule has 1 aliphatic heterocycles. The molecule has 1 unspecified atom stereocenters. The fourth-order valence-electron chi connectivity index (χ4n) is 3.17. The third-order valence-corrected chi connectivity index (χ3v) is 5.43. The molecule has 0 bridgehead atoms. The first kappa shape index (κ1) is 18.3. The molecular formula is C21H20N2O4S. The Morgan fingerprint density at radius 1 is 1.14 bits per heavy atom. The molecule has 28 heavy (non-hydrogen) atoms. The van der Waals surface area contributed by atoms with E-state index < -0.39 is 6.10 Å². The third-order valence-electron chi connectivity index (χ3n) is 4.57. The fourth-order valence-corrected chi connectivity index (χ4v) is 3.89. The SMILES string of the molecule is CC1Oc2ccccc2N(CC(=O)N(Cc2ccco2)Cc2cccs2)C1=O. The van der Waals surface area contributed by atoms with Gasteiger partial charge in [-0.15, -0.1) is 11.3 Å². The van der Waals surface area contributed by atoms with Crippen molar-refractivity contribution in [3.8, 4) is 5.75 Å². The van der Waals surface area contributed by atoms with E-state index in [1.807, 2.05) is 41.8 Å². The number of furan rings is 1. The number of carbonyl (C=O) groups excluding carboxylic acids is 2. The van der Waals surface area contributed by atoms with Gasteiger partial charge in [0.15, 0.2) is 6.10 Å². The molecule has 0 saturated heterocycles. The molecule has 0 N–H and O–H groups in total. The maximum atomic E-state index is 13.2. The van der Waals surface area contributed by atoms with Crippen LogP contribution in [0.5, 0.6) is 5.75 Å². The van der Waals surface area contributed by atoms with Crippen LogP contribution in [0.25, 0.3) is 0 Å². The van der Waals surface area contributed by atoms with Crippen molar-refractivity contribution in [2.24, 2.45) is 0 Å². The van der Waals surface area contributed by atoms with Crippen molar-refractivity contribution in [1.82, 2.24) is 4.90 Å². The smallest absolute Gasteiger partial charge is 0.268 e. The highest BCUT2D eigenvalue weighted by atomic mass is 32.1. The number of rotatable bonds is 6. The molecule has 144 valence electrons. The maximum Gasteiger partial charge on any atom is 0.268 e. The molecule has 0 saturated carbocycles. The molecule has 0 spiro atoms. The summed E-state index contributed by atoms with van der Waals surface area (Å²) in [6.45, 7) is 2.46. The first-order valence-electron chi connectivity index (χ1n) is 9.01. The highest BCUT2D eigenvalue weighted by Gasteiger charge is 2.33. The summed E-state index contributed by atoms with van der Waals surface area (Å²) >= 11 is 1.59. The number of thiophene rings is 1. The number of amides is 2. The van der Waals surface area contributed by atoms with Gasteiger partial charge in [-0.25, -0.2) is 0 Å². The molecule has 3 heterocycles. The van der Waals surface area contributed by atoms with Gasteiger partial charge in [0.2, 0.25) is 5.91 Å². The Kier molecular flexibility index (Phi) is 5.16. The number of anilines is 1. The normalized spacial score (nSPS) is 15.8. The van der Waals surface area contributed by atoms with Crippen LogP contribution >= 0.6 is 11.3 Å². The first-order chi connectivity index (χ1) is 13.6. The van der Waals surface area contributed by atoms with Gasteiger partial charge in [0, 0.05) is 4.88 Å². The zero-order chi connectivity index (χ0) is 19.5. The molecule has 7 heteroatoms.